The van der Waals surface area contributed by atoms with Gasteiger partial charge in [0.1, 0.15) is 11.9 Å². The standard InChI is InChI=1S/C15H22BrNO2/c1-10-6-13(7-11(2)15(10)16)19-14(9-18-3)8-17-12-4-5-12/h6-7,12,14,17H,4-5,8-9H2,1-3H3. The van der Waals surface area contributed by atoms with E-state index in [0.29, 0.717) is 12.6 Å². The summed E-state index contributed by atoms with van der Waals surface area (Å²) in [7, 11) is 1.71. The maximum absolute atomic E-state index is 6.04. The molecule has 1 fully saturated rings. The maximum Gasteiger partial charge on any atom is 0.134 e. The quantitative estimate of drug-likeness (QED) is 0.834. The number of hydrogen-bond acceptors (Lipinski definition) is 3. The van der Waals surface area contributed by atoms with Gasteiger partial charge in [-0.15, -0.1) is 0 Å². The van der Waals surface area contributed by atoms with Crippen LogP contribution in [0.4, 0.5) is 0 Å². The Balaban J connectivity index is 1.98. The molecule has 1 aromatic carbocycles. The third-order valence-electron chi connectivity index (χ3n) is 3.28. The lowest BCUT2D eigenvalue weighted by molar-refractivity contribution is 0.0803. The van der Waals surface area contributed by atoms with E-state index in [2.05, 4.69) is 47.2 Å². The fourth-order valence-corrected chi connectivity index (χ4v) is 2.30. The van der Waals surface area contributed by atoms with E-state index in [-0.39, 0.29) is 6.10 Å². The maximum atomic E-state index is 6.04. The van der Waals surface area contributed by atoms with Crippen molar-refractivity contribution in [2.24, 2.45) is 0 Å². The zero-order valence-corrected chi connectivity index (χ0v) is 13.4. The minimum Gasteiger partial charge on any atom is -0.487 e. The molecule has 0 spiro atoms. The first-order chi connectivity index (χ1) is 9.10. The molecule has 1 unspecified atom stereocenters. The Morgan fingerprint density at radius 1 is 1.32 bits per heavy atom. The Morgan fingerprint density at radius 2 is 1.95 bits per heavy atom. The molecular formula is C15H22BrNO2. The van der Waals surface area contributed by atoms with Gasteiger partial charge in [-0.1, -0.05) is 15.9 Å². The van der Waals surface area contributed by atoms with Gasteiger partial charge in [-0.25, -0.2) is 0 Å². The summed E-state index contributed by atoms with van der Waals surface area (Å²) in [6.45, 7) is 5.61. The van der Waals surface area contributed by atoms with E-state index >= 15 is 0 Å². The summed E-state index contributed by atoms with van der Waals surface area (Å²) in [4.78, 5) is 0. The lowest BCUT2D eigenvalue weighted by atomic mass is 10.1. The van der Waals surface area contributed by atoms with Crippen LogP contribution < -0.4 is 10.1 Å². The van der Waals surface area contributed by atoms with Crippen LogP contribution in [0, 0.1) is 13.8 Å². The molecule has 3 nitrogen and oxygen atoms in total. The number of ether oxygens (including phenoxy) is 2. The summed E-state index contributed by atoms with van der Waals surface area (Å²) in [5.74, 6) is 0.915. The summed E-state index contributed by atoms with van der Waals surface area (Å²) in [5.41, 5.74) is 2.39. The molecule has 1 aliphatic rings. The SMILES string of the molecule is COCC(CNC1CC1)Oc1cc(C)c(Br)c(C)c1. The largest absolute Gasteiger partial charge is 0.487 e. The fraction of sp³-hybridized carbons (Fsp3) is 0.600. The van der Waals surface area contributed by atoms with Crippen LogP contribution in [0.3, 0.4) is 0 Å². The molecule has 0 amide bonds. The topological polar surface area (TPSA) is 30.5 Å². The van der Waals surface area contributed by atoms with Gasteiger partial charge in [0.2, 0.25) is 0 Å². The minimum atomic E-state index is 0.0607. The van der Waals surface area contributed by atoms with E-state index in [1.165, 1.54) is 24.0 Å². The predicted molar refractivity (Wildman–Crippen MR) is 80.9 cm³/mol. The highest BCUT2D eigenvalue weighted by Gasteiger charge is 2.22. The monoisotopic (exact) mass is 327 g/mol. The Hall–Kier alpha value is -0.580. The Bertz CT molecular complexity index is 409. The smallest absolute Gasteiger partial charge is 0.134 e. The van der Waals surface area contributed by atoms with E-state index in [4.69, 9.17) is 9.47 Å². The average Bonchev–Trinajstić information content (AvgIpc) is 3.17. The molecule has 106 valence electrons. The van der Waals surface area contributed by atoms with Crippen molar-refractivity contribution >= 4 is 15.9 Å². The molecule has 1 aliphatic carbocycles. The number of nitrogens with one attached hydrogen (secondary N) is 1. The zero-order chi connectivity index (χ0) is 13.8. The second-order valence-electron chi connectivity index (χ2n) is 5.25. The lowest BCUT2D eigenvalue weighted by Crippen LogP contribution is -2.35. The lowest BCUT2D eigenvalue weighted by Gasteiger charge is -2.20. The van der Waals surface area contributed by atoms with Crippen molar-refractivity contribution in [1.82, 2.24) is 5.32 Å². The average molecular weight is 328 g/mol. The van der Waals surface area contributed by atoms with Gasteiger partial charge < -0.3 is 14.8 Å². The van der Waals surface area contributed by atoms with E-state index < -0.39 is 0 Å². The van der Waals surface area contributed by atoms with Gasteiger partial charge in [0.05, 0.1) is 6.61 Å². The van der Waals surface area contributed by atoms with E-state index in [9.17, 15) is 0 Å². The number of rotatable bonds is 7. The van der Waals surface area contributed by atoms with Gasteiger partial charge in [0.25, 0.3) is 0 Å². The Morgan fingerprint density at radius 3 is 2.47 bits per heavy atom. The predicted octanol–water partition coefficient (Wildman–Crippen LogP) is 3.21. The molecule has 0 bridgehead atoms. The molecule has 0 heterocycles. The molecule has 1 saturated carbocycles. The third kappa shape index (κ3) is 4.48. The van der Waals surface area contributed by atoms with Crippen molar-refractivity contribution in [3.8, 4) is 5.75 Å². The summed E-state index contributed by atoms with van der Waals surface area (Å²) < 4.78 is 12.4. The summed E-state index contributed by atoms with van der Waals surface area (Å²) >= 11 is 3.58. The Kier molecular flexibility index (Phi) is 5.25. The van der Waals surface area contributed by atoms with Crippen LogP contribution in [0.5, 0.6) is 5.75 Å². The van der Waals surface area contributed by atoms with Gasteiger partial charge in [0.15, 0.2) is 0 Å². The number of methoxy groups -OCH3 is 1. The molecule has 0 aromatic heterocycles. The minimum absolute atomic E-state index is 0.0607. The van der Waals surface area contributed by atoms with Gasteiger partial charge >= 0.3 is 0 Å². The number of hydrogen-bond donors (Lipinski definition) is 1. The molecule has 0 aliphatic heterocycles. The summed E-state index contributed by atoms with van der Waals surface area (Å²) in [6.07, 6.45) is 2.64. The summed E-state index contributed by atoms with van der Waals surface area (Å²) in [6, 6.07) is 4.82. The van der Waals surface area contributed by atoms with Crippen molar-refractivity contribution in [3.63, 3.8) is 0 Å². The van der Waals surface area contributed by atoms with Crippen molar-refractivity contribution in [3.05, 3.63) is 27.7 Å². The molecule has 1 N–H and O–H groups in total. The molecule has 4 heteroatoms. The molecule has 1 atom stereocenters. The molecule has 1 aromatic rings. The van der Waals surface area contributed by atoms with Crippen LogP contribution in [0.2, 0.25) is 0 Å². The number of aryl methyl sites for hydroxylation is 2. The van der Waals surface area contributed by atoms with Crippen molar-refractivity contribution in [1.29, 1.82) is 0 Å². The van der Waals surface area contributed by atoms with Crippen LogP contribution >= 0.6 is 15.9 Å². The van der Waals surface area contributed by atoms with Crippen LogP contribution in [0.25, 0.3) is 0 Å². The number of benzene rings is 1. The van der Waals surface area contributed by atoms with Crippen molar-refractivity contribution < 1.29 is 9.47 Å². The molecular weight excluding hydrogens is 306 g/mol. The second kappa shape index (κ2) is 6.73. The van der Waals surface area contributed by atoms with E-state index in [1.54, 1.807) is 7.11 Å². The highest BCUT2D eigenvalue weighted by molar-refractivity contribution is 9.10. The molecule has 19 heavy (non-hydrogen) atoms. The van der Waals surface area contributed by atoms with Crippen LogP contribution in [0.15, 0.2) is 16.6 Å². The highest BCUT2D eigenvalue weighted by Crippen LogP contribution is 2.27. The molecule has 0 radical (unpaired) electrons. The second-order valence-corrected chi connectivity index (χ2v) is 6.04. The van der Waals surface area contributed by atoms with E-state index in [0.717, 1.165) is 16.8 Å². The van der Waals surface area contributed by atoms with Gasteiger partial charge in [-0.3, -0.25) is 0 Å². The van der Waals surface area contributed by atoms with E-state index in [1.807, 2.05) is 0 Å². The van der Waals surface area contributed by atoms with Gasteiger partial charge in [-0.05, 0) is 49.9 Å². The van der Waals surface area contributed by atoms with Crippen molar-refractivity contribution in [2.45, 2.75) is 38.8 Å². The zero-order valence-electron chi connectivity index (χ0n) is 11.8. The fourth-order valence-electron chi connectivity index (χ4n) is 2.07. The van der Waals surface area contributed by atoms with Crippen LogP contribution in [-0.2, 0) is 4.74 Å². The third-order valence-corrected chi connectivity index (χ3v) is 4.53. The van der Waals surface area contributed by atoms with Crippen molar-refractivity contribution in [2.75, 3.05) is 20.3 Å². The Labute approximate surface area is 123 Å². The highest BCUT2D eigenvalue weighted by atomic mass is 79.9. The van der Waals surface area contributed by atoms with Crippen LogP contribution in [0.1, 0.15) is 24.0 Å². The normalized spacial score (nSPS) is 16.4. The molecule has 2 rings (SSSR count). The summed E-state index contributed by atoms with van der Waals surface area (Å²) in [5, 5.41) is 3.49. The number of halogens is 1. The van der Waals surface area contributed by atoms with Crippen LogP contribution in [-0.4, -0.2) is 32.4 Å². The molecule has 0 saturated heterocycles. The van der Waals surface area contributed by atoms with Gasteiger partial charge in [-0.2, -0.15) is 0 Å². The first kappa shape index (κ1) is 14.8. The first-order valence-electron chi connectivity index (χ1n) is 6.76. The van der Waals surface area contributed by atoms with Gasteiger partial charge in [0, 0.05) is 24.2 Å². The first-order valence-corrected chi connectivity index (χ1v) is 7.55.